The number of methoxy groups -OCH3 is 1. The molecule has 1 aliphatic heterocycles. The smallest absolute Gasteiger partial charge is 0.322 e. The number of rotatable bonds is 6. The predicted octanol–water partition coefficient (Wildman–Crippen LogP) is 0.909. The lowest BCUT2D eigenvalue weighted by atomic mass is 10.0. The van der Waals surface area contributed by atoms with E-state index in [0.717, 1.165) is 25.9 Å². The number of hydrogen-bond donors (Lipinski definition) is 2. The number of aliphatic hydroxyl groups is 1. The molecule has 7 heteroatoms. The van der Waals surface area contributed by atoms with Crippen molar-refractivity contribution in [2.45, 2.75) is 32.7 Å². The summed E-state index contributed by atoms with van der Waals surface area (Å²) in [5.41, 5.74) is 0. The molecule has 1 aromatic heterocycles. The summed E-state index contributed by atoms with van der Waals surface area (Å²) in [6.45, 7) is 5.96. The molecule has 0 saturated carbocycles. The molecule has 2 N–H and O–H groups in total. The lowest BCUT2D eigenvalue weighted by Gasteiger charge is -2.25. The monoisotopic (exact) mass is 281 g/mol. The fourth-order valence-corrected chi connectivity index (χ4v) is 2.42. The maximum atomic E-state index is 9.55. The second kappa shape index (κ2) is 6.69. The highest BCUT2D eigenvalue weighted by Gasteiger charge is 2.32. The maximum Gasteiger partial charge on any atom is 0.322 e. The van der Waals surface area contributed by atoms with E-state index in [2.05, 4.69) is 34.1 Å². The lowest BCUT2D eigenvalue weighted by molar-refractivity contribution is 0.243. The number of ether oxygens (including phenoxy) is 1. The third kappa shape index (κ3) is 3.09. The number of nitrogens with zero attached hydrogens (tertiary/aromatic N) is 4. The fourth-order valence-electron chi connectivity index (χ4n) is 2.42. The van der Waals surface area contributed by atoms with Crippen molar-refractivity contribution in [2.75, 3.05) is 37.0 Å². The summed E-state index contributed by atoms with van der Waals surface area (Å²) in [5.74, 6) is 1.51. The Morgan fingerprint density at radius 3 is 2.85 bits per heavy atom. The topological polar surface area (TPSA) is 83.4 Å². The van der Waals surface area contributed by atoms with Crippen LogP contribution in [0.4, 0.5) is 11.9 Å². The molecular formula is C13H23N5O2. The highest BCUT2D eigenvalue weighted by Crippen LogP contribution is 2.28. The van der Waals surface area contributed by atoms with Crippen LogP contribution in [0, 0.1) is 5.92 Å². The first kappa shape index (κ1) is 14.8. The minimum Gasteiger partial charge on any atom is -0.467 e. The number of aliphatic hydroxyl groups excluding tert-OH is 1. The van der Waals surface area contributed by atoms with Crippen molar-refractivity contribution in [1.29, 1.82) is 0 Å². The van der Waals surface area contributed by atoms with Crippen LogP contribution >= 0.6 is 0 Å². The first-order chi connectivity index (χ1) is 9.69. The molecule has 0 bridgehead atoms. The summed E-state index contributed by atoms with van der Waals surface area (Å²) in [5, 5.41) is 12.7. The Labute approximate surface area is 119 Å². The highest BCUT2D eigenvalue weighted by atomic mass is 16.5. The van der Waals surface area contributed by atoms with Gasteiger partial charge >= 0.3 is 6.01 Å². The standard InChI is InChI=1S/C13H23N5O2/c1-4-6-14-11-15-12(17-13(16-11)20-3)18-7-5-9(2)10(18)8-19/h9-10,19H,4-8H2,1-3H3,(H,14,15,16,17). The zero-order valence-electron chi connectivity index (χ0n) is 12.3. The molecule has 0 spiro atoms. The van der Waals surface area contributed by atoms with Crippen LogP contribution in [0.1, 0.15) is 26.7 Å². The zero-order chi connectivity index (χ0) is 14.5. The molecular weight excluding hydrogens is 258 g/mol. The molecule has 1 aliphatic rings. The summed E-state index contributed by atoms with van der Waals surface area (Å²) < 4.78 is 5.14. The Bertz CT molecular complexity index is 443. The van der Waals surface area contributed by atoms with E-state index in [1.54, 1.807) is 7.11 Å². The highest BCUT2D eigenvalue weighted by molar-refractivity contribution is 5.40. The van der Waals surface area contributed by atoms with E-state index in [1.807, 2.05) is 4.90 Å². The Morgan fingerprint density at radius 2 is 2.20 bits per heavy atom. The summed E-state index contributed by atoms with van der Waals surface area (Å²) in [6.07, 6.45) is 2.01. The van der Waals surface area contributed by atoms with Crippen LogP contribution in [0.5, 0.6) is 6.01 Å². The molecule has 20 heavy (non-hydrogen) atoms. The minimum atomic E-state index is 0.0566. The fraction of sp³-hybridized carbons (Fsp3) is 0.769. The van der Waals surface area contributed by atoms with Gasteiger partial charge in [0.2, 0.25) is 11.9 Å². The third-order valence-electron chi connectivity index (χ3n) is 3.65. The molecule has 2 rings (SSSR count). The Hall–Kier alpha value is -1.63. The van der Waals surface area contributed by atoms with E-state index < -0.39 is 0 Å². The molecule has 2 heterocycles. The summed E-state index contributed by atoms with van der Waals surface area (Å²) in [4.78, 5) is 15.0. The van der Waals surface area contributed by atoms with Crippen LogP contribution in [0.25, 0.3) is 0 Å². The molecule has 7 nitrogen and oxygen atoms in total. The number of anilines is 2. The molecule has 0 aliphatic carbocycles. The number of hydrogen-bond acceptors (Lipinski definition) is 7. The van der Waals surface area contributed by atoms with Crippen molar-refractivity contribution in [2.24, 2.45) is 5.92 Å². The molecule has 2 unspecified atom stereocenters. The molecule has 1 saturated heterocycles. The SMILES string of the molecule is CCCNc1nc(OC)nc(N2CCC(C)C2CO)n1. The van der Waals surface area contributed by atoms with E-state index in [1.165, 1.54) is 0 Å². The van der Waals surface area contributed by atoms with Gasteiger partial charge in [-0.15, -0.1) is 0 Å². The van der Waals surface area contributed by atoms with Crippen LogP contribution in [0.3, 0.4) is 0 Å². The van der Waals surface area contributed by atoms with Gasteiger partial charge in [0.25, 0.3) is 0 Å². The van der Waals surface area contributed by atoms with Crippen LogP contribution in [0.2, 0.25) is 0 Å². The quantitative estimate of drug-likeness (QED) is 0.801. The van der Waals surface area contributed by atoms with Crippen molar-refractivity contribution in [3.8, 4) is 6.01 Å². The van der Waals surface area contributed by atoms with Gasteiger partial charge < -0.3 is 20.1 Å². The second-order valence-electron chi connectivity index (χ2n) is 5.08. The summed E-state index contributed by atoms with van der Waals surface area (Å²) in [7, 11) is 1.54. The average Bonchev–Trinajstić information content (AvgIpc) is 2.85. The van der Waals surface area contributed by atoms with Gasteiger partial charge in [-0.05, 0) is 18.8 Å². The van der Waals surface area contributed by atoms with E-state index in [9.17, 15) is 5.11 Å². The predicted molar refractivity (Wildman–Crippen MR) is 77.2 cm³/mol. The lowest BCUT2D eigenvalue weighted by Crippen LogP contribution is -2.36. The Kier molecular flexibility index (Phi) is 4.94. The van der Waals surface area contributed by atoms with Crippen LogP contribution in [0.15, 0.2) is 0 Å². The van der Waals surface area contributed by atoms with Crippen LogP contribution < -0.4 is 15.0 Å². The first-order valence-corrected chi connectivity index (χ1v) is 7.11. The molecule has 1 fully saturated rings. The van der Waals surface area contributed by atoms with Crippen LogP contribution in [-0.2, 0) is 0 Å². The summed E-state index contributed by atoms with van der Waals surface area (Å²) in [6, 6.07) is 0.353. The molecule has 0 amide bonds. The molecule has 1 aromatic rings. The maximum absolute atomic E-state index is 9.55. The second-order valence-corrected chi connectivity index (χ2v) is 5.08. The largest absolute Gasteiger partial charge is 0.467 e. The van der Waals surface area contributed by atoms with Crippen LogP contribution in [-0.4, -0.2) is 52.9 Å². The first-order valence-electron chi connectivity index (χ1n) is 7.11. The van der Waals surface area contributed by atoms with Gasteiger partial charge in [-0.2, -0.15) is 15.0 Å². The third-order valence-corrected chi connectivity index (χ3v) is 3.65. The Morgan fingerprint density at radius 1 is 1.40 bits per heavy atom. The van der Waals surface area contributed by atoms with Gasteiger partial charge in [0.05, 0.1) is 19.8 Å². The van der Waals surface area contributed by atoms with Gasteiger partial charge in [0.15, 0.2) is 0 Å². The van der Waals surface area contributed by atoms with Gasteiger partial charge in [0, 0.05) is 13.1 Å². The molecule has 0 aromatic carbocycles. The van der Waals surface area contributed by atoms with Gasteiger partial charge in [-0.25, -0.2) is 0 Å². The Balaban J connectivity index is 2.25. The van der Waals surface area contributed by atoms with Crippen molar-refractivity contribution < 1.29 is 9.84 Å². The zero-order valence-corrected chi connectivity index (χ0v) is 12.3. The molecule has 112 valence electrons. The summed E-state index contributed by atoms with van der Waals surface area (Å²) >= 11 is 0. The average molecular weight is 281 g/mol. The van der Waals surface area contributed by atoms with E-state index >= 15 is 0 Å². The van der Waals surface area contributed by atoms with Crippen molar-refractivity contribution in [1.82, 2.24) is 15.0 Å². The van der Waals surface area contributed by atoms with Crippen molar-refractivity contribution in [3.05, 3.63) is 0 Å². The van der Waals surface area contributed by atoms with Crippen molar-refractivity contribution >= 4 is 11.9 Å². The number of aromatic nitrogens is 3. The van der Waals surface area contributed by atoms with Gasteiger partial charge in [0.1, 0.15) is 0 Å². The molecule has 0 radical (unpaired) electrons. The van der Waals surface area contributed by atoms with Crippen molar-refractivity contribution in [3.63, 3.8) is 0 Å². The molecule has 2 atom stereocenters. The van der Waals surface area contributed by atoms with E-state index in [0.29, 0.717) is 23.8 Å². The number of nitrogens with one attached hydrogen (secondary N) is 1. The van der Waals surface area contributed by atoms with Gasteiger partial charge in [-0.3, -0.25) is 0 Å². The van der Waals surface area contributed by atoms with E-state index in [-0.39, 0.29) is 12.6 Å². The minimum absolute atomic E-state index is 0.0566. The normalized spacial score (nSPS) is 22.1. The van der Waals surface area contributed by atoms with E-state index in [4.69, 9.17) is 4.74 Å². The van der Waals surface area contributed by atoms with Gasteiger partial charge in [-0.1, -0.05) is 13.8 Å².